The van der Waals surface area contributed by atoms with Gasteiger partial charge in [0.15, 0.2) is 6.61 Å². The molecule has 1 aliphatic rings. The van der Waals surface area contributed by atoms with Crippen LogP contribution in [0.25, 0.3) is 6.08 Å². The molecule has 2 rings (SSSR count). The molecular formula is C12H11NO6. The van der Waals surface area contributed by atoms with E-state index in [1.807, 2.05) is 0 Å². The van der Waals surface area contributed by atoms with Crippen LogP contribution in [0.1, 0.15) is 5.76 Å². The van der Waals surface area contributed by atoms with Crippen LogP contribution in [0.5, 0.6) is 0 Å². The number of imide groups is 1. The molecular weight excluding hydrogens is 254 g/mol. The summed E-state index contributed by atoms with van der Waals surface area (Å²) in [6.07, 6.45) is 3.30. The lowest BCUT2D eigenvalue weighted by atomic mass is 10.4. The second-order valence-corrected chi connectivity index (χ2v) is 3.62. The molecule has 0 unspecified atom stereocenters. The molecule has 0 spiro atoms. The van der Waals surface area contributed by atoms with Crippen molar-refractivity contribution in [2.45, 2.75) is 0 Å². The zero-order valence-electron chi connectivity index (χ0n) is 9.90. The molecule has 19 heavy (non-hydrogen) atoms. The second-order valence-electron chi connectivity index (χ2n) is 3.62. The molecule has 0 N–H and O–H groups in total. The van der Waals surface area contributed by atoms with E-state index in [2.05, 4.69) is 4.74 Å². The Kier molecular flexibility index (Phi) is 3.97. The lowest BCUT2D eigenvalue weighted by molar-refractivity contribution is -0.146. The number of rotatable bonds is 4. The minimum Gasteiger partial charge on any atom is -0.465 e. The number of furan rings is 1. The summed E-state index contributed by atoms with van der Waals surface area (Å²) in [6.45, 7) is -0.162. The standard InChI is InChI=1S/C12H11NO6/c14-10(13-5-7-18-12(13)16)8-19-11(15)4-3-9-2-1-6-17-9/h1-4,6H,5,7-8H2/b4-3+. The Morgan fingerprint density at radius 1 is 1.47 bits per heavy atom. The summed E-state index contributed by atoms with van der Waals surface area (Å²) in [5.74, 6) is -0.814. The molecule has 2 amide bonds. The number of carbonyl (C=O) groups is 3. The van der Waals surface area contributed by atoms with Gasteiger partial charge in [-0.15, -0.1) is 0 Å². The van der Waals surface area contributed by atoms with Gasteiger partial charge in [-0.1, -0.05) is 0 Å². The molecule has 7 heteroatoms. The van der Waals surface area contributed by atoms with Crippen molar-refractivity contribution in [2.75, 3.05) is 19.8 Å². The van der Waals surface area contributed by atoms with Gasteiger partial charge in [0, 0.05) is 6.08 Å². The third-order valence-corrected chi connectivity index (χ3v) is 2.33. The number of hydrogen-bond acceptors (Lipinski definition) is 6. The summed E-state index contributed by atoms with van der Waals surface area (Å²) in [4.78, 5) is 34.7. The number of esters is 1. The summed E-state index contributed by atoms with van der Waals surface area (Å²) >= 11 is 0. The van der Waals surface area contributed by atoms with E-state index >= 15 is 0 Å². The fourth-order valence-corrected chi connectivity index (χ4v) is 1.42. The average Bonchev–Trinajstić information content (AvgIpc) is 3.04. The smallest absolute Gasteiger partial charge is 0.416 e. The SMILES string of the molecule is O=C(/C=C/c1ccco1)OCC(=O)N1CCOC1=O. The van der Waals surface area contributed by atoms with Crippen LogP contribution in [0.15, 0.2) is 28.9 Å². The van der Waals surface area contributed by atoms with Gasteiger partial charge in [0.25, 0.3) is 5.91 Å². The van der Waals surface area contributed by atoms with Crippen LogP contribution in [0, 0.1) is 0 Å². The van der Waals surface area contributed by atoms with Crippen molar-refractivity contribution in [1.29, 1.82) is 0 Å². The van der Waals surface area contributed by atoms with E-state index in [1.165, 1.54) is 12.3 Å². The predicted molar refractivity (Wildman–Crippen MR) is 61.8 cm³/mol. The molecule has 0 saturated carbocycles. The minimum atomic E-state index is -0.716. The number of carbonyl (C=O) groups excluding carboxylic acids is 3. The maximum absolute atomic E-state index is 11.5. The lowest BCUT2D eigenvalue weighted by Crippen LogP contribution is -2.35. The summed E-state index contributed by atoms with van der Waals surface area (Å²) < 4.78 is 14.3. The summed E-state index contributed by atoms with van der Waals surface area (Å²) in [5, 5.41) is 0. The summed E-state index contributed by atoms with van der Waals surface area (Å²) in [7, 11) is 0. The first kappa shape index (κ1) is 12.9. The third kappa shape index (κ3) is 3.44. The highest BCUT2D eigenvalue weighted by Crippen LogP contribution is 2.05. The maximum atomic E-state index is 11.5. The number of nitrogens with zero attached hydrogens (tertiary/aromatic N) is 1. The highest BCUT2D eigenvalue weighted by Gasteiger charge is 2.28. The normalized spacial score (nSPS) is 14.7. The number of hydrogen-bond donors (Lipinski definition) is 0. The van der Waals surface area contributed by atoms with Crippen LogP contribution in [-0.2, 0) is 19.1 Å². The molecule has 0 bridgehead atoms. The van der Waals surface area contributed by atoms with Crippen molar-refractivity contribution < 1.29 is 28.3 Å². The van der Waals surface area contributed by atoms with Crippen molar-refractivity contribution in [3.63, 3.8) is 0 Å². The third-order valence-electron chi connectivity index (χ3n) is 2.33. The fraction of sp³-hybridized carbons (Fsp3) is 0.250. The van der Waals surface area contributed by atoms with Gasteiger partial charge < -0.3 is 13.9 Å². The van der Waals surface area contributed by atoms with Crippen molar-refractivity contribution >= 4 is 24.0 Å². The molecule has 0 aromatic carbocycles. The topological polar surface area (TPSA) is 86.1 Å². The molecule has 1 saturated heterocycles. The van der Waals surface area contributed by atoms with Crippen LogP contribution >= 0.6 is 0 Å². The largest absolute Gasteiger partial charge is 0.465 e. The first-order chi connectivity index (χ1) is 9.16. The van der Waals surface area contributed by atoms with Crippen LogP contribution in [0.4, 0.5) is 4.79 Å². The van der Waals surface area contributed by atoms with E-state index in [0.29, 0.717) is 5.76 Å². The van der Waals surface area contributed by atoms with Crippen molar-refractivity contribution in [1.82, 2.24) is 4.90 Å². The number of amides is 2. The second kappa shape index (κ2) is 5.85. The molecule has 100 valence electrons. The van der Waals surface area contributed by atoms with E-state index < -0.39 is 24.6 Å². The van der Waals surface area contributed by atoms with Gasteiger partial charge in [0.1, 0.15) is 12.4 Å². The lowest BCUT2D eigenvalue weighted by Gasteiger charge is -2.09. The highest BCUT2D eigenvalue weighted by atomic mass is 16.6. The maximum Gasteiger partial charge on any atom is 0.416 e. The van der Waals surface area contributed by atoms with Crippen molar-refractivity contribution in [2.24, 2.45) is 0 Å². The number of ether oxygens (including phenoxy) is 2. The fourth-order valence-electron chi connectivity index (χ4n) is 1.42. The molecule has 7 nitrogen and oxygen atoms in total. The first-order valence-electron chi connectivity index (χ1n) is 5.52. The van der Waals surface area contributed by atoms with E-state index in [0.717, 1.165) is 11.0 Å². The molecule has 1 fully saturated rings. The first-order valence-corrected chi connectivity index (χ1v) is 5.52. The van der Waals surface area contributed by atoms with E-state index in [9.17, 15) is 14.4 Å². The van der Waals surface area contributed by atoms with Crippen molar-refractivity contribution in [3.05, 3.63) is 30.2 Å². The zero-order chi connectivity index (χ0) is 13.7. The number of cyclic esters (lactones) is 1. The summed E-state index contributed by atoms with van der Waals surface area (Å²) in [6, 6.07) is 3.34. The highest BCUT2D eigenvalue weighted by molar-refractivity contribution is 5.95. The van der Waals surface area contributed by atoms with Crippen LogP contribution in [-0.4, -0.2) is 42.6 Å². The molecule has 2 heterocycles. The van der Waals surface area contributed by atoms with Gasteiger partial charge in [0.2, 0.25) is 0 Å². The molecule has 1 aliphatic heterocycles. The molecule has 1 aromatic rings. The Labute approximate surface area is 108 Å². The van der Waals surface area contributed by atoms with Crippen LogP contribution in [0.3, 0.4) is 0 Å². The summed E-state index contributed by atoms with van der Waals surface area (Å²) in [5.41, 5.74) is 0. The van der Waals surface area contributed by atoms with Gasteiger partial charge in [0.05, 0.1) is 12.8 Å². The Hall–Kier alpha value is -2.57. The van der Waals surface area contributed by atoms with Crippen LogP contribution < -0.4 is 0 Å². The van der Waals surface area contributed by atoms with E-state index in [4.69, 9.17) is 9.15 Å². The van der Waals surface area contributed by atoms with E-state index in [-0.39, 0.29) is 13.2 Å². The Morgan fingerprint density at radius 3 is 2.95 bits per heavy atom. The van der Waals surface area contributed by atoms with Gasteiger partial charge in [-0.05, 0) is 18.2 Å². The van der Waals surface area contributed by atoms with Crippen LogP contribution in [0.2, 0.25) is 0 Å². The molecule has 0 radical (unpaired) electrons. The predicted octanol–water partition coefficient (Wildman–Crippen LogP) is 0.815. The minimum absolute atomic E-state index is 0.164. The van der Waals surface area contributed by atoms with E-state index in [1.54, 1.807) is 12.1 Å². The zero-order valence-corrected chi connectivity index (χ0v) is 9.90. The molecule has 1 aromatic heterocycles. The Balaban J connectivity index is 1.77. The van der Waals surface area contributed by atoms with Gasteiger partial charge >= 0.3 is 12.1 Å². The molecule has 0 atom stereocenters. The Morgan fingerprint density at radius 2 is 2.32 bits per heavy atom. The average molecular weight is 265 g/mol. The van der Waals surface area contributed by atoms with Crippen molar-refractivity contribution in [3.8, 4) is 0 Å². The van der Waals surface area contributed by atoms with Gasteiger partial charge in [-0.3, -0.25) is 4.79 Å². The van der Waals surface area contributed by atoms with Gasteiger partial charge in [-0.25, -0.2) is 14.5 Å². The quantitative estimate of drug-likeness (QED) is 0.591. The van der Waals surface area contributed by atoms with Gasteiger partial charge in [-0.2, -0.15) is 0 Å². The Bertz CT molecular complexity index is 504. The monoisotopic (exact) mass is 265 g/mol. The molecule has 0 aliphatic carbocycles.